The molecule has 118 valence electrons. The van der Waals surface area contributed by atoms with Gasteiger partial charge in [-0.2, -0.15) is 9.61 Å². The number of carbonyl (C=O) groups is 1. The number of hydrogen-bond donors (Lipinski definition) is 1. The lowest BCUT2D eigenvalue weighted by Crippen LogP contribution is -2.12. The SMILES string of the molecule is O=C(CCc1nn2c(C3CC3)nnc2s1)Nc1cccc(Br)c1. The number of aryl methyl sites for hydroxylation is 1. The second kappa shape index (κ2) is 6.01. The molecule has 3 aromatic rings. The number of carbonyl (C=O) groups excluding carboxylic acids is 1. The first kappa shape index (κ1) is 14.8. The summed E-state index contributed by atoms with van der Waals surface area (Å²) in [4.78, 5) is 12.9. The molecule has 0 bridgehead atoms. The molecule has 1 aliphatic rings. The number of rotatable bonds is 5. The average Bonchev–Trinajstić information content (AvgIpc) is 3.15. The average molecular weight is 392 g/mol. The lowest BCUT2D eigenvalue weighted by molar-refractivity contribution is -0.116. The summed E-state index contributed by atoms with van der Waals surface area (Å²) in [6.45, 7) is 0. The zero-order valence-corrected chi connectivity index (χ0v) is 14.6. The molecule has 6 nitrogen and oxygen atoms in total. The zero-order chi connectivity index (χ0) is 15.8. The largest absolute Gasteiger partial charge is 0.326 e. The first-order valence-corrected chi connectivity index (χ1v) is 9.06. The van der Waals surface area contributed by atoms with Crippen LogP contribution in [0.3, 0.4) is 0 Å². The van der Waals surface area contributed by atoms with Crippen LogP contribution in [0, 0.1) is 0 Å². The van der Waals surface area contributed by atoms with E-state index in [4.69, 9.17) is 0 Å². The molecule has 1 fully saturated rings. The van der Waals surface area contributed by atoms with Crippen LogP contribution in [0.4, 0.5) is 5.69 Å². The minimum absolute atomic E-state index is 0.0171. The Hall–Kier alpha value is -1.80. The van der Waals surface area contributed by atoms with Crippen molar-refractivity contribution in [2.45, 2.75) is 31.6 Å². The van der Waals surface area contributed by atoms with Crippen LogP contribution in [0.5, 0.6) is 0 Å². The molecule has 1 N–H and O–H groups in total. The molecule has 0 unspecified atom stereocenters. The van der Waals surface area contributed by atoms with Gasteiger partial charge in [0, 0.05) is 28.9 Å². The number of hydrogen-bond acceptors (Lipinski definition) is 5. The van der Waals surface area contributed by atoms with Crippen LogP contribution in [0.15, 0.2) is 28.7 Å². The summed E-state index contributed by atoms with van der Waals surface area (Å²) in [5, 5.41) is 16.7. The maximum Gasteiger partial charge on any atom is 0.234 e. The molecule has 8 heteroatoms. The summed E-state index contributed by atoms with van der Waals surface area (Å²) < 4.78 is 2.78. The standard InChI is InChI=1S/C15H14BrN5OS/c16-10-2-1-3-11(8-10)17-12(22)6-7-13-20-21-14(9-4-5-9)18-19-15(21)23-13/h1-3,8-9H,4-7H2,(H,17,22). The van der Waals surface area contributed by atoms with E-state index < -0.39 is 0 Å². The molecule has 1 saturated carbocycles. The van der Waals surface area contributed by atoms with Crippen molar-refractivity contribution < 1.29 is 4.79 Å². The van der Waals surface area contributed by atoms with Gasteiger partial charge in [0.2, 0.25) is 10.9 Å². The van der Waals surface area contributed by atoms with Crippen LogP contribution in [0.25, 0.3) is 4.96 Å². The van der Waals surface area contributed by atoms with E-state index >= 15 is 0 Å². The lowest BCUT2D eigenvalue weighted by Gasteiger charge is -2.04. The molecular formula is C15H14BrN5OS. The van der Waals surface area contributed by atoms with Crippen LogP contribution in [0.1, 0.15) is 36.0 Å². The van der Waals surface area contributed by atoms with Gasteiger partial charge in [-0.05, 0) is 31.0 Å². The first-order chi connectivity index (χ1) is 11.2. The summed E-state index contributed by atoms with van der Waals surface area (Å²) in [6, 6.07) is 7.56. The lowest BCUT2D eigenvalue weighted by atomic mass is 10.2. The Morgan fingerprint density at radius 1 is 1.39 bits per heavy atom. The third-order valence-electron chi connectivity index (χ3n) is 3.67. The van der Waals surface area contributed by atoms with Crippen molar-refractivity contribution in [2.24, 2.45) is 0 Å². The highest BCUT2D eigenvalue weighted by Crippen LogP contribution is 2.39. The predicted octanol–water partition coefficient (Wildman–Crippen LogP) is 3.40. The van der Waals surface area contributed by atoms with Crippen molar-refractivity contribution in [1.82, 2.24) is 19.8 Å². The second-order valence-corrected chi connectivity index (χ2v) is 7.54. The van der Waals surface area contributed by atoms with Gasteiger partial charge < -0.3 is 5.32 Å². The second-order valence-electron chi connectivity index (χ2n) is 5.58. The number of halogens is 1. The number of anilines is 1. The van der Waals surface area contributed by atoms with E-state index in [-0.39, 0.29) is 5.91 Å². The number of nitrogens with zero attached hydrogens (tertiary/aromatic N) is 4. The molecule has 0 atom stereocenters. The molecule has 0 saturated heterocycles. The Bertz CT molecular complexity index is 870. The third kappa shape index (κ3) is 3.28. The summed E-state index contributed by atoms with van der Waals surface area (Å²) >= 11 is 4.90. The van der Waals surface area contributed by atoms with E-state index in [0.29, 0.717) is 18.8 Å². The monoisotopic (exact) mass is 391 g/mol. The van der Waals surface area contributed by atoms with Crippen molar-refractivity contribution >= 4 is 43.8 Å². The molecule has 0 spiro atoms. The Morgan fingerprint density at radius 3 is 3.04 bits per heavy atom. The molecule has 0 aliphatic heterocycles. The summed E-state index contributed by atoms with van der Waals surface area (Å²) in [5.41, 5.74) is 0.790. The van der Waals surface area contributed by atoms with Crippen molar-refractivity contribution in [3.8, 4) is 0 Å². The summed E-state index contributed by atoms with van der Waals surface area (Å²) in [7, 11) is 0. The maximum atomic E-state index is 12.1. The normalized spacial score (nSPS) is 14.3. The topological polar surface area (TPSA) is 72.2 Å². The van der Waals surface area contributed by atoms with Gasteiger partial charge in [-0.25, -0.2) is 0 Å². The Morgan fingerprint density at radius 2 is 2.26 bits per heavy atom. The van der Waals surface area contributed by atoms with Gasteiger partial charge in [0.15, 0.2) is 5.82 Å². The van der Waals surface area contributed by atoms with E-state index in [1.54, 1.807) is 0 Å². The zero-order valence-electron chi connectivity index (χ0n) is 12.2. The van der Waals surface area contributed by atoms with Crippen LogP contribution < -0.4 is 5.32 Å². The molecule has 1 aromatic carbocycles. The van der Waals surface area contributed by atoms with Crippen molar-refractivity contribution in [1.29, 1.82) is 0 Å². The highest BCUT2D eigenvalue weighted by molar-refractivity contribution is 9.10. The van der Waals surface area contributed by atoms with E-state index in [0.717, 1.165) is 26.0 Å². The van der Waals surface area contributed by atoms with Crippen molar-refractivity contribution in [3.05, 3.63) is 39.6 Å². The van der Waals surface area contributed by atoms with E-state index in [9.17, 15) is 4.79 Å². The number of fused-ring (bicyclic) bond motifs is 1. The quantitative estimate of drug-likeness (QED) is 0.723. The molecule has 23 heavy (non-hydrogen) atoms. The van der Waals surface area contributed by atoms with Crippen molar-refractivity contribution in [2.75, 3.05) is 5.32 Å². The fraction of sp³-hybridized carbons (Fsp3) is 0.333. The fourth-order valence-corrected chi connectivity index (χ4v) is 3.62. The number of aromatic nitrogens is 4. The van der Waals surface area contributed by atoms with Gasteiger partial charge in [0.1, 0.15) is 5.01 Å². The van der Waals surface area contributed by atoms with E-state index in [1.807, 2.05) is 28.8 Å². The van der Waals surface area contributed by atoms with Crippen LogP contribution in [-0.2, 0) is 11.2 Å². The Kier molecular flexibility index (Phi) is 3.86. The van der Waals surface area contributed by atoms with E-state index in [1.165, 1.54) is 24.2 Å². The number of nitrogens with one attached hydrogen (secondary N) is 1. The van der Waals surface area contributed by atoms with E-state index in [2.05, 4.69) is 36.5 Å². The van der Waals surface area contributed by atoms with Gasteiger partial charge >= 0.3 is 0 Å². The highest BCUT2D eigenvalue weighted by atomic mass is 79.9. The Labute approximate surface area is 145 Å². The Balaban J connectivity index is 1.39. The van der Waals surface area contributed by atoms with Gasteiger partial charge in [0.25, 0.3) is 0 Å². The minimum Gasteiger partial charge on any atom is -0.326 e. The van der Waals surface area contributed by atoms with Gasteiger partial charge in [-0.15, -0.1) is 10.2 Å². The van der Waals surface area contributed by atoms with Gasteiger partial charge in [0.05, 0.1) is 0 Å². The van der Waals surface area contributed by atoms with Crippen molar-refractivity contribution in [3.63, 3.8) is 0 Å². The molecule has 1 aliphatic carbocycles. The van der Waals surface area contributed by atoms with Gasteiger partial charge in [-0.3, -0.25) is 4.79 Å². The van der Waals surface area contributed by atoms with Crippen LogP contribution in [-0.4, -0.2) is 25.7 Å². The maximum absolute atomic E-state index is 12.1. The molecule has 4 rings (SSSR count). The minimum atomic E-state index is -0.0171. The number of amides is 1. The number of benzene rings is 1. The van der Waals surface area contributed by atoms with Gasteiger partial charge in [-0.1, -0.05) is 33.3 Å². The molecule has 1 amide bonds. The summed E-state index contributed by atoms with van der Waals surface area (Å²) in [6.07, 6.45) is 3.35. The molecule has 2 aromatic heterocycles. The predicted molar refractivity (Wildman–Crippen MR) is 91.7 cm³/mol. The third-order valence-corrected chi connectivity index (χ3v) is 5.13. The molecular weight excluding hydrogens is 378 g/mol. The van der Waals surface area contributed by atoms with Crippen LogP contribution >= 0.6 is 27.3 Å². The smallest absolute Gasteiger partial charge is 0.234 e. The first-order valence-electron chi connectivity index (χ1n) is 7.45. The summed E-state index contributed by atoms with van der Waals surface area (Å²) in [5.74, 6) is 1.46. The fourth-order valence-electron chi connectivity index (χ4n) is 2.38. The molecule has 0 radical (unpaired) electrons. The highest BCUT2D eigenvalue weighted by Gasteiger charge is 2.30. The van der Waals surface area contributed by atoms with Crippen LogP contribution in [0.2, 0.25) is 0 Å². The molecule has 2 heterocycles.